The number of hydrogen-bond acceptors (Lipinski definition) is 0. The van der Waals surface area contributed by atoms with E-state index in [1.165, 1.54) is 24.2 Å². The average Bonchev–Trinajstić information content (AvgIpc) is 1.24. The first-order valence-electron chi connectivity index (χ1n) is 3.42. The van der Waals surface area contributed by atoms with Gasteiger partial charge in [-0.25, -0.2) is 0 Å². The molecule has 0 spiro atoms. The fourth-order valence-electron chi connectivity index (χ4n) is 2.07. The maximum Gasteiger partial charge on any atom is -0.0360 e. The molecular weight excluding hydrogens is 84.1 g/mol. The molecule has 3 fully saturated rings. The van der Waals surface area contributed by atoms with Gasteiger partial charge in [0.15, 0.2) is 0 Å². The Labute approximate surface area is 44.9 Å². The first-order chi connectivity index (χ1) is 3.42. The third kappa shape index (κ3) is 0.296. The van der Waals surface area contributed by atoms with Crippen molar-refractivity contribution in [3.63, 3.8) is 0 Å². The zero-order chi connectivity index (χ0) is 4.85. The van der Waals surface area contributed by atoms with Crippen molar-refractivity contribution in [2.45, 2.75) is 26.2 Å². The van der Waals surface area contributed by atoms with Gasteiger partial charge in [0, 0.05) is 0 Å². The molecule has 0 aromatic heterocycles. The minimum Gasteiger partial charge on any atom is -0.0651 e. The van der Waals surface area contributed by atoms with Crippen molar-refractivity contribution in [1.82, 2.24) is 0 Å². The molecule has 0 aliphatic heterocycles. The molecule has 0 nitrogen and oxygen atoms in total. The van der Waals surface area contributed by atoms with E-state index in [4.69, 9.17) is 0 Å². The molecule has 0 heteroatoms. The van der Waals surface area contributed by atoms with Crippen LogP contribution in [-0.2, 0) is 0 Å². The van der Waals surface area contributed by atoms with E-state index < -0.39 is 0 Å². The third-order valence-electron chi connectivity index (χ3n) is 2.89. The van der Waals surface area contributed by atoms with Crippen molar-refractivity contribution in [1.29, 1.82) is 0 Å². The van der Waals surface area contributed by atoms with Gasteiger partial charge in [-0.3, -0.25) is 0 Å². The SMILES string of the molecule is CCC1C2CC1C2. The summed E-state index contributed by atoms with van der Waals surface area (Å²) in [5, 5.41) is 0. The van der Waals surface area contributed by atoms with Gasteiger partial charge in [-0.05, 0) is 30.6 Å². The van der Waals surface area contributed by atoms with E-state index >= 15 is 0 Å². The molecule has 3 rings (SSSR count). The fraction of sp³-hybridized carbons (Fsp3) is 1.00. The second kappa shape index (κ2) is 1.04. The minimum atomic E-state index is 1.18. The highest BCUT2D eigenvalue weighted by Crippen LogP contribution is 2.59. The van der Waals surface area contributed by atoms with Crippen molar-refractivity contribution in [3.05, 3.63) is 0 Å². The summed E-state index contributed by atoms with van der Waals surface area (Å²) in [6.45, 7) is 2.32. The van der Waals surface area contributed by atoms with Crippen LogP contribution in [0.2, 0.25) is 0 Å². The Bertz CT molecular complexity index is 72.0. The van der Waals surface area contributed by atoms with E-state index in [0.29, 0.717) is 0 Å². The lowest BCUT2D eigenvalue weighted by Gasteiger charge is -2.58. The second-order valence-electron chi connectivity index (χ2n) is 3.06. The molecule has 0 heterocycles. The molecular formula is C7H12. The van der Waals surface area contributed by atoms with E-state index in [2.05, 4.69) is 6.92 Å². The van der Waals surface area contributed by atoms with Gasteiger partial charge in [0.1, 0.15) is 0 Å². The van der Waals surface area contributed by atoms with Crippen LogP contribution in [0, 0.1) is 17.8 Å². The summed E-state index contributed by atoms with van der Waals surface area (Å²) in [5.41, 5.74) is 0. The standard InChI is InChI=1S/C7H12/c1-2-7-5-3-6(7)4-5/h5-7H,2-4H2,1H3. The van der Waals surface area contributed by atoms with E-state index in [0.717, 1.165) is 0 Å². The Morgan fingerprint density at radius 3 is 1.86 bits per heavy atom. The molecule has 7 heavy (non-hydrogen) atoms. The van der Waals surface area contributed by atoms with Gasteiger partial charge >= 0.3 is 0 Å². The molecule has 40 valence electrons. The molecule has 3 saturated carbocycles. The molecule has 3 aliphatic rings. The predicted molar refractivity (Wildman–Crippen MR) is 30.0 cm³/mol. The first kappa shape index (κ1) is 3.94. The van der Waals surface area contributed by atoms with Crippen molar-refractivity contribution >= 4 is 0 Å². The Morgan fingerprint density at radius 1 is 1.29 bits per heavy atom. The molecule has 3 aliphatic carbocycles. The van der Waals surface area contributed by atoms with Gasteiger partial charge in [0.25, 0.3) is 0 Å². The van der Waals surface area contributed by atoms with E-state index in [-0.39, 0.29) is 0 Å². The van der Waals surface area contributed by atoms with Gasteiger partial charge in [0.05, 0.1) is 0 Å². The highest BCUT2D eigenvalue weighted by molar-refractivity contribution is 5.00. The van der Waals surface area contributed by atoms with Crippen molar-refractivity contribution in [2.75, 3.05) is 0 Å². The zero-order valence-corrected chi connectivity index (χ0v) is 4.85. The smallest absolute Gasteiger partial charge is 0.0360 e. The maximum absolute atomic E-state index is 2.32. The number of rotatable bonds is 1. The largest absolute Gasteiger partial charge is 0.0651 e. The van der Waals surface area contributed by atoms with Crippen LogP contribution in [0.1, 0.15) is 26.2 Å². The van der Waals surface area contributed by atoms with Gasteiger partial charge in [-0.1, -0.05) is 13.3 Å². The van der Waals surface area contributed by atoms with Crippen LogP contribution in [0.5, 0.6) is 0 Å². The summed E-state index contributed by atoms with van der Waals surface area (Å²) >= 11 is 0. The molecule has 0 aromatic rings. The van der Waals surface area contributed by atoms with Gasteiger partial charge in [0.2, 0.25) is 0 Å². The number of hydrogen-bond donors (Lipinski definition) is 0. The Kier molecular flexibility index (Phi) is 0.586. The van der Waals surface area contributed by atoms with Crippen molar-refractivity contribution in [3.8, 4) is 0 Å². The summed E-state index contributed by atoms with van der Waals surface area (Å²) in [6, 6.07) is 0. The Morgan fingerprint density at radius 2 is 1.86 bits per heavy atom. The quantitative estimate of drug-likeness (QED) is 0.468. The van der Waals surface area contributed by atoms with Crippen LogP contribution >= 0.6 is 0 Å². The second-order valence-corrected chi connectivity index (χ2v) is 3.06. The summed E-state index contributed by atoms with van der Waals surface area (Å²) in [6.07, 6.45) is 4.62. The monoisotopic (exact) mass is 96.1 g/mol. The van der Waals surface area contributed by atoms with Crippen molar-refractivity contribution < 1.29 is 0 Å². The molecule has 0 atom stereocenters. The molecule has 0 aromatic carbocycles. The summed E-state index contributed by atoms with van der Waals surface area (Å²) in [4.78, 5) is 0. The summed E-state index contributed by atoms with van der Waals surface area (Å²) < 4.78 is 0. The maximum atomic E-state index is 2.32. The van der Waals surface area contributed by atoms with Gasteiger partial charge < -0.3 is 0 Å². The Balaban J connectivity index is 1.94. The van der Waals surface area contributed by atoms with Gasteiger partial charge in [-0.2, -0.15) is 0 Å². The van der Waals surface area contributed by atoms with Crippen LogP contribution in [0.25, 0.3) is 0 Å². The predicted octanol–water partition coefficient (Wildman–Crippen LogP) is 2.05. The normalized spacial score (nSPS) is 55.3. The summed E-state index contributed by atoms with van der Waals surface area (Å²) in [5.74, 6) is 3.56. The average molecular weight is 96.2 g/mol. The minimum absolute atomic E-state index is 1.18. The van der Waals surface area contributed by atoms with E-state index in [1.807, 2.05) is 0 Å². The van der Waals surface area contributed by atoms with Crippen LogP contribution in [-0.4, -0.2) is 0 Å². The third-order valence-corrected chi connectivity index (χ3v) is 2.89. The van der Waals surface area contributed by atoms with E-state index in [1.54, 1.807) is 12.8 Å². The molecule has 0 unspecified atom stereocenters. The van der Waals surface area contributed by atoms with Gasteiger partial charge in [-0.15, -0.1) is 0 Å². The molecule has 0 amide bonds. The fourth-order valence-corrected chi connectivity index (χ4v) is 2.07. The van der Waals surface area contributed by atoms with E-state index in [9.17, 15) is 0 Å². The molecule has 2 bridgehead atoms. The topological polar surface area (TPSA) is 0 Å². The lowest BCUT2D eigenvalue weighted by Crippen LogP contribution is -2.49. The molecule has 0 saturated heterocycles. The lowest BCUT2D eigenvalue weighted by atomic mass is 9.47. The van der Waals surface area contributed by atoms with Crippen LogP contribution in [0.3, 0.4) is 0 Å². The first-order valence-corrected chi connectivity index (χ1v) is 3.42. The highest BCUT2D eigenvalue weighted by atomic mass is 14.6. The molecule has 0 N–H and O–H groups in total. The van der Waals surface area contributed by atoms with Crippen LogP contribution in [0.4, 0.5) is 0 Å². The van der Waals surface area contributed by atoms with Crippen LogP contribution in [0.15, 0.2) is 0 Å². The van der Waals surface area contributed by atoms with Crippen molar-refractivity contribution in [2.24, 2.45) is 17.8 Å². The molecule has 0 radical (unpaired) electrons. The zero-order valence-electron chi connectivity index (χ0n) is 4.85. The lowest BCUT2D eigenvalue weighted by molar-refractivity contribution is -0.0819. The summed E-state index contributed by atoms with van der Waals surface area (Å²) in [7, 11) is 0. The highest BCUT2D eigenvalue weighted by Gasteiger charge is 2.50. The van der Waals surface area contributed by atoms with Crippen LogP contribution < -0.4 is 0 Å². The Hall–Kier alpha value is 0.